The van der Waals surface area contributed by atoms with E-state index < -0.39 is 30.4 Å². The number of nitrogens with one attached hydrogen (secondary N) is 1. The molecule has 0 aromatic heterocycles. The van der Waals surface area contributed by atoms with Crippen LogP contribution in [0.2, 0.25) is 0 Å². The van der Waals surface area contributed by atoms with Crippen molar-refractivity contribution in [3.63, 3.8) is 0 Å². The Morgan fingerprint density at radius 2 is 2.00 bits per heavy atom. The summed E-state index contributed by atoms with van der Waals surface area (Å²) in [5.41, 5.74) is 0. The number of aliphatic carboxylic acids is 2. The van der Waals surface area contributed by atoms with Crippen LogP contribution in [-0.4, -0.2) is 52.2 Å². The summed E-state index contributed by atoms with van der Waals surface area (Å²) < 4.78 is 0. The van der Waals surface area contributed by atoms with Crippen molar-refractivity contribution in [1.82, 2.24) is 10.2 Å². The molecule has 0 saturated carbocycles. The highest BCUT2D eigenvalue weighted by Gasteiger charge is 2.24. The second kappa shape index (κ2) is 7.26. The van der Waals surface area contributed by atoms with Crippen LogP contribution in [-0.2, 0) is 9.59 Å². The number of hydrogen-bond acceptors (Lipinski definition) is 3. The number of carboxylic acid groups (broad SMARTS) is 2. The molecule has 0 unspecified atom stereocenters. The monoisotopic (exact) mass is 244 g/mol. The predicted molar refractivity (Wildman–Crippen MR) is 59.7 cm³/mol. The average Bonchev–Trinajstić information content (AvgIpc) is 2.23. The van der Waals surface area contributed by atoms with E-state index in [0.29, 0.717) is 6.54 Å². The van der Waals surface area contributed by atoms with E-state index >= 15 is 0 Å². The number of nitrogens with zero attached hydrogens (tertiary/aromatic N) is 1. The SMILES string of the molecule is C=CCN(CC)C(=O)N[C@H](CC(=O)O)C(=O)O. The van der Waals surface area contributed by atoms with Crippen LogP contribution in [0.3, 0.4) is 0 Å². The molecule has 0 aromatic rings. The molecule has 0 aliphatic heterocycles. The summed E-state index contributed by atoms with van der Waals surface area (Å²) in [4.78, 5) is 34.0. The summed E-state index contributed by atoms with van der Waals surface area (Å²) in [6.07, 6.45) is 0.836. The maximum atomic E-state index is 11.6. The van der Waals surface area contributed by atoms with Crippen LogP contribution < -0.4 is 5.32 Å². The van der Waals surface area contributed by atoms with Gasteiger partial charge in [0.15, 0.2) is 0 Å². The lowest BCUT2D eigenvalue weighted by atomic mass is 10.2. The van der Waals surface area contributed by atoms with Crippen molar-refractivity contribution in [1.29, 1.82) is 0 Å². The van der Waals surface area contributed by atoms with Crippen molar-refractivity contribution in [2.45, 2.75) is 19.4 Å². The van der Waals surface area contributed by atoms with Gasteiger partial charge in [-0.2, -0.15) is 0 Å². The molecule has 1 atom stereocenters. The number of urea groups is 1. The molecular formula is C10H16N2O5. The highest BCUT2D eigenvalue weighted by atomic mass is 16.4. The smallest absolute Gasteiger partial charge is 0.326 e. The third-order valence-corrected chi connectivity index (χ3v) is 1.99. The van der Waals surface area contributed by atoms with E-state index in [1.807, 2.05) is 0 Å². The van der Waals surface area contributed by atoms with Gasteiger partial charge in [0.05, 0.1) is 6.42 Å². The maximum absolute atomic E-state index is 11.6. The number of hydrogen-bond donors (Lipinski definition) is 3. The van der Waals surface area contributed by atoms with Crippen LogP contribution in [0.4, 0.5) is 4.79 Å². The van der Waals surface area contributed by atoms with E-state index in [4.69, 9.17) is 10.2 Å². The van der Waals surface area contributed by atoms with E-state index in [0.717, 1.165) is 0 Å². The van der Waals surface area contributed by atoms with E-state index in [2.05, 4.69) is 11.9 Å². The zero-order valence-electron chi connectivity index (χ0n) is 9.55. The lowest BCUT2D eigenvalue weighted by Crippen LogP contribution is -2.48. The number of carbonyl (C=O) groups excluding carboxylic acids is 1. The normalized spacial score (nSPS) is 11.4. The molecule has 0 aliphatic rings. The van der Waals surface area contributed by atoms with Crippen LogP contribution in [0.15, 0.2) is 12.7 Å². The number of carboxylic acids is 2. The number of rotatable bonds is 7. The largest absolute Gasteiger partial charge is 0.481 e. The molecule has 0 fully saturated rings. The van der Waals surface area contributed by atoms with Gasteiger partial charge >= 0.3 is 18.0 Å². The minimum Gasteiger partial charge on any atom is -0.481 e. The first-order chi connectivity index (χ1) is 7.92. The van der Waals surface area contributed by atoms with Crippen molar-refractivity contribution in [2.24, 2.45) is 0 Å². The highest BCUT2D eigenvalue weighted by molar-refractivity contribution is 5.86. The Morgan fingerprint density at radius 3 is 2.35 bits per heavy atom. The Bertz CT molecular complexity index is 316. The maximum Gasteiger partial charge on any atom is 0.326 e. The van der Waals surface area contributed by atoms with Gasteiger partial charge < -0.3 is 20.4 Å². The van der Waals surface area contributed by atoms with Crippen LogP contribution >= 0.6 is 0 Å². The fourth-order valence-corrected chi connectivity index (χ4v) is 1.13. The van der Waals surface area contributed by atoms with Crippen LogP contribution in [0.1, 0.15) is 13.3 Å². The Hall–Kier alpha value is -2.05. The highest BCUT2D eigenvalue weighted by Crippen LogP contribution is 1.96. The first-order valence-electron chi connectivity index (χ1n) is 5.03. The fourth-order valence-electron chi connectivity index (χ4n) is 1.13. The van der Waals surface area contributed by atoms with Crippen molar-refractivity contribution < 1.29 is 24.6 Å². The summed E-state index contributed by atoms with van der Waals surface area (Å²) >= 11 is 0. The molecule has 0 bridgehead atoms. The first kappa shape index (κ1) is 14.9. The summed E-state index contributed by atoms with van der Waals surface area (Å²) in [6.45, 7) is 5.82. The third-order valence-electron chi connectivity index (χ3n) is 1.99. The van der Waals surface area contributed by atoms with Crippen molar-refractivity contribution >= 4 is 18.0 Å². The lowest BCUT2D eigenvalue weighted by Gasteiger charge is -2.22. The zero-order chi connectivity index (χ0) is 13.4. The van der Waals surface area contributed by atoms with Gasteiger partial charge in [-0.3, -0.25) is 4.79 Å². The van der Waals surface area contributed by atoms with Gasteiger partial charge in [0.1, 0.15) is 6.04 Å². The summed E-state index contributed by atoms with van der Waals surface area (Å²) in [5, 5.41) is 19.4. The topological polar surface area (TPSA) is 107 Å². The standard InChI is InChI=1S/C10H16N2O5/c1-3-5-12(4-2)10(17)11-7(9(15)16)6-8(13)14/h3,7H,1,4-6H2,2H3,(H,11,17)(H,13,14)(H,15,16)/t7-/m1/s1. The molecule has 0 saturated heterocycles. The lowest BCUT2D eigenvalue weighted by molar-refractivity contribution is -0.145. The number of amides is 2. The number of carbonyl (C=O) groups is 3. The molecule has 0 radical (unpaired) electrons. The summed E-state index contributed by atoms with van der Waals surface area (Å²) in [6, 6.07) is -2.06. The molecule has 17 heavy (non-hydrogen) atoms. The molecule has 0 aromatic carbocycles. The molecule has 0 rings (SSSR count). The first-order valence-corrected chi connectivity index (χ1v) is 5.03. The molecule has 7 heteroatoms. The van der Waals surface area contributed by atoms with E-state index in [9.17, 15) is 14.4 Å². The molecule has 0 aliphatic carbocycles. The Kier molecular flexibility index (Phi) is 6.39. The van der Waals surface area contributed by atoms with Crippen molar-refractivity contribution in [2.75, 3.05) is 13.1 Å². The zero-order valence-corrected chi connectivity index (χ0v) is 9.55. The quantitative estimate of drug-likeness (QED) is 0.552. The van der Waals surface area contributed by atoms with E-state index in [-0.39, 0.29) is 6.54 Å². The van der Waals surface area contributed by atoms with E-state index in [1.54, 1.807) is 6.92 Å². The van der Waals surface area contributed by atoms with Gasteiger partial charge in [0.25, 0.3) is 0 Å². The second-order valence-corrected chi connectivity index (χ2v) is 3.27. The predicted octanol–water partition coefficient (Wildman–Crippen LogP) is 0.132. The van der Waals surface area contributed by atoms with Crippen molar-refractivity contribution in [3.05, 3.63) is 12.7 Å². The van der Waals surface area contributed by atoms with Gasteiger partial charge in [-0.05, 0) is 6.92 Å². The van der Waals surface area contributed by atoms with Gasteiger partial charge in [-0.1, -0.05) is 6.08 Å². The Morgan fingerprint density at radius 1 is 1.41 bits per heavy atom. The molecule has 0 heterocycles. The summed E-state index contributed by atoms with van der Waals surface area (Å²) in [7, 11) is 0. The summed E-state index contributed by atoms with van der Waals surface area (Å²) in [5.74, 6) is -2.67. The van der Waals surface area contributed by atoms with Crippen molar-refractivity contribution in [3.8, 4) is 0 Å². The molecule has 2 amide bonds. The average molecular weight is 244 g/mol. The van der Waals surface area contributed by atoms with Gasteiger partial charge in [-0.15, -0.1) is 6.58 Å². The van der Waals surface area contributed by atoms with E-state index in [1.165, 1.54) is 11.0 Å². The Balaban J connectivity index is 4.52. The molecular weight excluding hydrogens is 228 g/mol. The number of likely N-dealkylation sites (N-methyl/N-ethyl adjacent to an activating group) is 1. The third kappa shape index (κ3) is 5.55. The second-order valence-electron chi connectivity index (χ2n) is 3.27. The van der Waals surface area contributed by atoms with Gasteiger partial charge in [0, 0.05) is 13.1 Å². The van der Waals surface area contributed by atoms with Crippen LogP contribution in [0, 0.1) is 0 Å². The van der Waals surface area contributed by atoms with Gasteiger partial charge in [-0.25, -0.2) is 9.59 Å². The minimum absolute atomic E-state index is 0.266. The molecule has 96 valence electrons. The van der Waals surface area contributed by atoms with Gasteiger partial charge in [0.2, 0.25) is 0 Å². The molecule has 7 nitrogen and oxygen atoms in total. The van der Waals surface area contributed by atoms with Crippen LogP contribution in [0.5, 0.6) is 0 Å². The Labute approximate surface area is 98.7 Å². The molecule has 0 spiro atoms. The molecule has 3 N–H and O–H groups in total. The van der Waals surface area contributed by atoms with Crippen LogP contribution in [0.25, 0.3) is 0 Å². The fraction of sp³-hybridized carbons (Fsp3) is 0.500. The minimum atomic E-state index is -1.43.